The molecule has 3 heterocycles. The summed E-state index contributed by atoms with van der Waals surface area (Å²) in [5.74, 6) is 5.70. The van der Waals surface area contributed by atoms with Gasteiger partial charge in [-0.1, -0.05) is 6.92 Å². The lowest BCUT2D eigenvalue weighted by molar-refractivity contribution is -0.158. The van der Waals surface area contributed by atoms with Gasteiger partial charge < -0.3 is 9.80 Å². The van der Waals surface area contributed by atoms with Gasteiger partial charge in [-0.25, -0.2) is 9.97 Å². The molecule has 1 aromatic heterocycles. The molecule has 0 aromatic carbocycles. The molecule has 7 rings (SSSR count). The molecule has 1 amide bonds. The van der Waals surface area contributed by atoms with Crippen LogP contribution in [0.1, 0.15) is 75.4 Å². The van der Waals surface area contributed by atoms with Crippen LogP contribution in [-0.4, -0.2) is 40.4 Å². The summed E-state index contributed by atoms with van der Waals surface area (Å²) in [6, 6.07) is 0. The van der Waals surface area contributed by atoms with E-state index >= 15 is 0 Å². The van der Waals surface area contributed by atoms with Crippen molar-refractivity contribution in [3.63, 3.8) is 0 Å². The van der Waals surface area contributed by atoms with Crippen LogP contribution < -0.4 is 4.90 Å². The third-order valence-electron chi connectivity index (χ3n) is 9.01. The van der Waals surface area contributed by atoms with Gasteiger partial charge in [0.2, 0.25) is 5.91 Å². The van der Waals surface area contributed by atoms with Crippen LogP contribution in [0.25, 0.3) is 0 Å². The Labute approximate surface area is 180 Å². The minimum atomic E-state index is -0.0431. The second-order valence-corrected chi connectivity index (χ2v) is 11.4. The summed E-state index contributed by atoms with van der Waals surface area (Å²) in [6.07, 6.45) is 11.0. The van der Waals surface area contributed by atoms with E-state index in [0.717, 1.165) is 87.2 Å². The van der Waals surface area contributed by atoms with Crippen LogP contribution in [0.15, 0.2) is 0 Å². The highest BCUT2D eigenvalue weighted by Gasteiger charge is 2.55. The summed E-state index contributed by atoms with van der Waals surface area (Å²) in [4.78, 5) is 28.3. The first kappa shape index (κ1) is 19.1. The second kappa shape index (κ2) is 6.93. The molecule has 30 heavy (non-hydrogen) atoms. The van der Waals surface area contributed by atoms with E-state index in [1.165, 1.54) is 43.4 Å². The molecule has 0 radical (unpaired) electrons. The van der Waals surface area contributed by atoms with Gasteiger partial charge in [0, 0.05) is 31.6 Å². The zero-order valence-electron chi connectivity index (χ0n) is 18.7. The third kappa shape index (κ3) is 3.06. The van der Waals surface area contributed by atoms with Crippen LogP contribution in [0.5, 0.6) is 0 Å². The van der Waals surface area contributed by atoms with Crippen molar-refractivity contribution in [1.82, 2.24) is 14.9 Å². The summed E-state index contributed by atoms with van der Waals surface area (Å²) >= 11 is 0. The zero-order chi connectivity index (χ0) is 20.5. The molecule has 0 atom stereocenters. The number of hydrogen-bond acceptors (Lipinski definition) is 4. The maximum Gasteiger partial charge on any atom is 0.229 e. The Morgan fingerprint density at radius 1 is 0.967 bits per heavy atom. The predicted molar refractivity (Wildman–Crippen MR) is 117 cm³/mol. The molecule has 0 unspecified atom stereocenters. The maximum atomic E-state index is 13.9. The van der Waals surface area contributed by atoms with Gasteiger partial charge in [-0.15, -0.1) is 0 Å². The summed E-state index contributed by atoms with van der Waals surface area (Å²) in [7, 11) is 0. The van der Waals surface area contributed by atoms with Crippen molar-refractivity contribution in [2.75, 3.05) is 24.5 Å². The SMILES string of the molecule is Cc1nc2c(c(N3CCC(C)CC3)n1)CN(C(=O)C13CC4CC(CC(C4)C1)C3)CC2. The number of carbonyl (C=O) groups excluding carboxylic acids is 1. The van der Waals surface area contributed by atoms with E-state index in [2.05, 4.69) is 16.7 Å². The zero-order valence-corrected chi connectivity index (χ0v) is 18.7. The van der Waals surface area contributed by atoms with Crippen molar-refractivity contribution in [1.29, 1.82) is 0 Å². The smallest absolute Gasteiger partial charge is 0.229 e. The van der Waals surface area contributed by atoms with Crippen LogP contribution in [0.4, 0.5) is 5.82 Å². The van der Waals surface area contributed by atoms with Gasteiger partial charge in [-0.2, -0.15) is 0 Å². The molecule has 0 N–H and O–H groups in total. The van der Waals surface area contributed by atoms with Crippen LogP contribution in [-0.2, 0) is 17.8 Å². The highest BCUT2D eigenvalue weighted by atomic mass is 16.2. The molecule has 1 aromatic rings. The van der Waals surface area contributed by atoms with Crippen LogP contribution in [0.3, 0.4) is 0 Å². The summed E-state index contributed by atoms with van der Waals surface area (Å²) in [6.45, 7) is 8.07. The molecular weight excluding hydrogens is 372 g/mol. The van der Waals surface area contributed by atoms with Crippen LogP contribution in [0, 0.1) is 36.0 Å². The molecule has 4 bridgehead atoms. The molecule has 5 heteroatoms. The highest BCUT2D eigenvalue weighted by Crippen LogP contribution is 2.60. The minimum absolute atomic E-state index is 0.0431. The second-order valence-electron chi connectivity index (χ2n) is 11.4. The third-order valence-corrected chi connectivity index (χ3v) is 9.01. The molecule has 0 spiro atoms. The molecule has 162 valence electrons. The van der Waals surface area contributed by atoms with Crippen molar-refractivity contribution >= 4 is 11.7 Å². The van der Waals surface area contributed by atoms with Gasteiger partial charge in [-0.3, -0.25) is 4.79 Å². The average molecular weight is 409 g/mol. The van der Waals surface area contributed by atoms with E-state index in [9.17, 15) is 4.79 Å². The lowest BCUT2D eigenvalue weighted by atomic mass is 9.49. The van der Waals surface area contributed by atoms with Crippen molar-refractivity contribution in [3.8, 4) is 0 Å². The number of carbonyl (C=O) groups is 1. The van der Waals surface area contributed by atoms with Gasteiger partial charge >= 0.3 is 0 Å². The molecule has 4 aliphatic carbocycles. The Morgan fingerprint density at radius 3 is 2.23 bits per heavy atom. The van der Waals surface area contributed by atoms with Crippen LogP contribution >= 0.6 is 0 Å². The fraction of sp³-hybridized carbons (Fsp3) is 0.800. The number of nitrogens with zero attached hydrogens (tertiary/aromatic N) is 4. The number of aryl methyl sites for hydroxylation is 1. The minimum Gasteiger partial charge on any atom is -0.356 e. The van der Waals surface area contributed by atoms with Gasteiger partial charge in [0.15, 0.2) is 0 Å². The normalized spacial score (nSPS) is 35.6. The van der Waals surface area contributed by atoms with Gasteiger partial charge in [0.25, 0.3) is 0 Å². The lowest BCUT2D eigenvalue weighted by Gasteiger charge is -2.56. The Balaban J connectivity index is 1.28. The Hall–Kier alpha value is -1.65. The number of fused-ring (bicyclic) bond motifs is 1. The van der Waals surface area contributed by atoms with Gasteiger partial charge in [0.05, 0.1) is 17.7 Å². The summed E-state index contributed by atoms with van der Waals surface area (Å²) in [5.41, 5.74) is 2.38. The highest BCUT2D eigenvalue weighted by molar-refractivity contribution is 5.83. The summed E-state index contributed by atoms with van der Waals surface area (Å²) < 4.78 is 0. The molecule has 2 aliphatic heterocycles. The van der Waals surface area contributed by atoms with E-state index in [4.69, 9.17) is 9.97 Å². The van der Waals surface area contributed by atoms with E-state index in [-0.39, 0.29) is 5.41 Å². The molecule has 5 nitrogen and oxygen atoms in total. The monoisotopic (exact) mass is 408 g/mol. The van der Waals surface area contributed by atoms with Crippen molar-refractivity contribution < 1.29 is 4.79 Å². The van der Waals surface area contributed by atoms with E-state index in [1.807, 2.05) is 6.92 Å². The van der Waals surface area contributed by atoms with Crippen molar-refractivity contribution in [3.05, 3.63) is 17.1 Å². The first-order chi connectivity index (χ1) is 14.5. The Bertz CT molecular complexity index is 822. The van der Waals surface area contributed by atoms with Crippen molar-refractivity contribution in [2.45, 2.75) is 78.2 Å². The fourth-order valence-electron chi connectivity index (χ4n) is 7.88. The quantitative estimate of drug-likeness (QED) is 0.739. The predicted octanol–water partition coefficient (Wildman–Crippen LogP) is 4.12. The largest absolute Gasteiger partial charge is 0.356 e. The van der Waals surface area contributed by atoms with Crippen molar-refractivity contribution in [2.24, 2.45) is 29.1 Å². The number of amides is 1. The van der Waals surface area contributed by atoms with E-state index in [1.54, 1.807) is 0 Å². The van der Waals surface area contributed by atoms with Gasteiger partial charge in [0.1, 0.15) is 11.6 Å². The fourth-order valence-corrected chi connectivity index (χ4v) is 7.88. The molecule has 4 saturated carbocycles. The summed E-state index contributed by atoms with van der Waals surface area (Å²) in [5, 5.41) is 0. The number of rotatable bonds is 2. The molecule has 6 aliphatic rings. The average Bonchev–Trinajstić information content (AvgIpc) is 2.72. The lowest BCUT2D eigenvalue weighted by Crippen LogP contribution is -2.55. The molecular formula is C25H36N4O. The number of aromatic nitrogens is 2. The topological polar surface area (TPSA) is 49.3 Å². The number of piperidine rings is 1. The number of hydrogen-bond donors (Lipinski definition) is 0. The Morgan fingerprint density at radius 2 is 1.60 bits per heavy atom. The van der Waals surface area contributed by atoms with Crippen LogP contribution in [0.2, 0.25) is 0 Å². The maximum absolute atomic E-state index is 13.9. The Kier molecular flexibility index (Phi) is 4.40. The first-order valence-corrected chi connectivity index (χ1v) is 12.4. The molecule has 5 fully saturated rings. The van der Waals surface area contributed by atoms with E-state index in [0.29, 0.717) is 5.91 Å². The molecule has 1 saturated heterocycles. The van der Waals surface area contributed by atoms with Gasteiger partial charge in [-0.05, 0) is 82.0 Å². The first-order valence-electron chi connectivity index (χ1n) is 12.4. The number of anilines is 1. The standard InChI is InChI=1S/C25H36N4O/c1-16-3-6-28(7-4-16)23-21-15-29(8-5-22(21)26-17(2)27-23)24(30)25-12-18-9-19(13-25)11-20(10-18)14-25/h16,18-20H,3-15H2,1-2H3. The van der Waals surface area contributed by atoms with E-state index < -0.39 is 0 Å².